The lowest BCUT2D eigenvalue weighted by molar-refractivity contribution is -0.121. The SMILES string of the molecule is COCCCCNC(=O)Cn1cc(N)ccc1=O. The van der Waals surface area contributed by atoms with Gasteiger partial charge in [-0.2, -0.15) is 0 Å². The van der Waals surface area contributed by atoms with E-state index in [4.69, 9.17) is 10.5 Å². The fourth-order valence-corrected chi connectivity index (χ4v) is 1.48. The molecule has 0 atom stereocenters. The molecule has 0 aliphatic carbocycles. The zero-order valence-electron chi connectivity index (χ0n) is 10.5. The van der Waals surface area contributed by atoms with Gasteiger partial charge in [-0.1, -0.05) is 0 Å². The molecule has 6 nitrogen and oxygen atoms in total. The second-order valence-corrected chi connectivity index (χ2v) is 3.98. The van der Waals surface area contributed by atoms with Gasteiger partial charge in [0.15, 0.2) is 0 Å². The van der Waals surface area contributed by atoms with Gasteiger partial charge in [-0.25, -0.2) is 0 Å². The molecule has 6 heteroatoms. The predicted molar refractivity (Wildman–Crippen MR) is 69.2 cm³/mol. The van der Waals surface area contributed by atoms with Crippen molar-refractivity contribution in [3.63, 3.8) is 0 Å². The number of amides is 1. The fourth-order valence-electron chi connectivity index (χ4n) is 1.48. The van der Waals surface area contributed by atoms with Crippen LogP contribution in [-0.4, -0.2) is 30.7 Å². The molecule has 1 amide bonds. The van der Waals surface area contributed by atoms with Crippen molar-refractivity contribution in [1.29, 1.82) is 0 Å². The molecule has 0 aliphatic heterocycles. The van der Waals surface area contributed by atoms with Crippen LogP contribution in [0.4, 0.5) is 5.69 Å². The first-order chi connectivity index (χ1) is 8.63. The Bertz CT molecular complexity index is 442. The molecule has 0 saturated heterocycles. The Kier molecular flexibility index (Phi) is 5.93. The molecule has 1 aromatic heterocycles. The smallest absolute Gasteiger partial charge is 0.251 e. The summed E-state index contributed by atoms with van der Waals surface area (Å²) in [6.45, 7) is 1.26. The van der Waals surface area contributed by atoms with Crippen molar-refractivity contribution < 1.29 is 9.53 Å². The van der Waals surface area contributed by atoms with Gasteiger partial charge in [0.2, 0.25) is 5.91 Å². The molecule has 0 spiro atoms. The molecule has 100 valence electrons. The van der Waals surface area contributed by atoms with Crippen molar-refractivity contribution in [3.8, 4) is 0 Å². The number of aromatic nitrogens is 1. The Balaban J connectivity index is 2.35. The van der Waals surface area contributed by atoms with Crippen LogP contribution >= 0.6 is 0 Å². The quantitative estimate of drug-likeness (QED) is 0.668. The van der Waals surface area contributed by atoms with Gasteiger partial charge in [0, 0.05) is 38.2 Å². The van der Waals surface area contributed by atoms with Gasteiger partial charge in [-0.05, 0) is 18.9 Å². The normalized spacial score (nSPS) is 10.3. The molecular formula is C12H19N3O3. The van der Waals surface area contributed by atoms with Crippen LogP contribution in [0.5, 0.6) is 0 Å². The Morgan fingerprint density at radius 1 is 1.44 bits per heavy atom. The van der Waals surface area contributed by atoms with E-state index in [0.717, 1.165) is 12.8 Å². The number of carbonyl (C=O) groups is 1. The molecule has 0 saturated carbocycles. The highest BCUT2D eigenvalue weighted by Crippen LogP contribution is 1.95. The zero-order valence-corrected chi connectivity index (χ0v) is 10.5. The minimum absolute atomic E-state index is 0.00580. The number of nitrogen functional groups attached to an aromatic ring is 1. The van der Waals surface area contributed by atoms with Crippen molar-refractivity contribution in [1.82, 2.24) is 9.88 Å². The molecule has 0 fully saturated rings. The van der Waals surface area contributed by atoms with E-state index in [-0.39, 0.29) is 18.0 Å². The Morgan fingerprint density at radius 2 is 2.22 bits per heavy atom. The second-order valence-electron chi connectivity index (χ2n) is 3.98. The van der Waals surface area contributed by atoms with Gasteiger partial charge in [0.25, 0.3) is 5.56 Å². The molecule has 0 aliphatic rings. The molecule has 3 N–H and O–H groups in total. The van der Waals surface area contributed by atoms with Crippen LogP contribution in [0.1, 0.15) is 12.8 Å². The Hall–Kier alpha value is -1.82. The lowest BCUT2D eigenvalue weighted by atomic mass is 10.3. The fraction of sp³-hybridized carbons (Fsp3) is 0.500. The summed E-state index contributed by atoms with van der Waals surface area (Å²) in [5.74, 6) is -0.194. The summed E-state index contributed by atoms with van der Waals surface area (Å²) in [5, 5.41) is 2.74. The zero-order chi connectivity index (χ0) is 13.4. The number of nitrogens with two attached hydrogens (primary N) is 1. The number of unbranched alkanes of at least 4 members (excludes halogenated alkanes) is 1. The van der Waals surface area contributed by atoms with Crippen molar-refractivity contribution in [2.45, 2.75) is 19.4 Å². The van der Waals surface area contributed by atoms with Gasteiger partial charge in [-0.3, -0.25) is 9.59 Å². The Morgan fingerprint density at radius 3 is 2.94 bits per heavy atom. The number of carbonyl (C=O) groups excluding carboxylic acids is 1. The highest BCUT2D eigenvalue weighted by Gasteiger charge is 2.03. The second kappa shape index (κ2) is 7.50. The predicted octanol–water partition coefficient (Wildman–Crippen LogP) is -0.0267. The number of nitrogens with zero attached hydrogens (tertiary/aromatic N) is 1. The number of anilines is 1. The summed E-state index contributed by atoms with van der Waals surface area (Å²) in [4.78, 5) is 23.0. The number of nitrogens with one attached hydrogen (secondary N) is 1. The van der Waals surface area contributed by atoms with Crippen molar-refractivity contribution in [3.05, 3.63) is 28.7 Å². The molecule has 0 bridgehead atoms. The summed E-state index contributed by atoms with van der Waals surface area (Å²) in [7, 11) is 1.64. The van der Waals surface area contributed by atoms with E-state index in [1.54, 1.807) is 7.11 Å². The lowest BCUT2D eigenvalue weighted by Crippen LogP contribution is -2.32. The highest BCUT2D eigenvalue weighted by atomic mass is 16.5. The van der Waals surface area contributed by atoms with E-state index in [9.17, 15) is 9.59 Å². The molecule has 0 aromatic carbocycles. The summed E-state index contributed by atoms with van der Waals surface area (Å²) in [6.07, 6.45) is 3.22. The molecule has 1 aromatic rings. The number of methoxy groups -OCH3 is 1. The topological polar surface area (TPSA) is 86.3 Å². The first kappa shape index (κ1) is 14.2. The molecule has 1 heterocycles. The molecule has 0 radical (unpaired) electrons. The van der Waals surface area contributed by atoms with E-state index >= 15 is 0 Å². The van der Waals surface area contributed by atoms with Crippen LogP contribution in [0.25, 0.3) is 0 Å². The van der Waals surface area contributed by atoms with Gasteiger partial charge in [-0.15, -0.1) is 0 Å². The van der Waals surface area contributed by atoms with E-state index in [1.165, 1.54) is 22.9 Å². The van der Waals surface area contributed by atoms with Crippen LogP contribution in [0.15, 0.2) is 23.1 Å². The summed E-state index contributed by atoms with van der Waals surface area (Å²) < 4.78 is 6.19. The van der Waals surface area contributed by atoms with Crippen molar-refractivity contribution >= 4 is 11.6 Å². The largest absolute Gasteiger partial charge is 0.398 e. The van der Waals surface area contributed by atoms with E-state index < -0.39 is 0 Å². The molecule has 18 heavy (non-hydrogen) atoms. The Labute approximate surface area is 106 Å². The van der Waals surface area contributed by atoms with Crippen LogP contribution in [0.3, 0.4) is 0 Å². The third-order valence-corrected chi connectivity index (χ3v) is 2.42. The minimum atomic E-state index is -0.237. The van der Waals surface area contributed by atoms with Gasteiger partial charge in [0.05, 0.1) is 0 Å². The van der Waals surface area contributed by atoms with Crippen LogP contribution < -0.4 is 16.6 Å². The van der Waals surface area contributed by atoms with E-state index in [1.807, 2.05) is 0 Å². The third kappa shape index (κ3) is 5.01. The van der Waals surface area contributed by atoms with Gasteiger partial charge >= 0.3 is 0 Å². The highest BCUT2D eigenvalue weighted by molar-refractivity contribution is 5.75. The van der Waals surface area contributed by atoms with Gasteiger partial charge in [0.1, 0.15) is 6.54 Å². The summed E-state index contributed by atoms with van der Waals surface area (Å²) in [5.41, 5.74) is 5.78. The molecular weight excluding hydrogens is 234 g/mol. The first-order valence-corrected chi connectivity index (χ1v) is 5.85. The summed E-state index contributed by atoms with van der Waals surface area (Å²) in [6, 6.07) is 2.86. The van der Waals surface area contributed by atoms with Crippen LogP contribution in [0, 0.1) is 0 Å². The number of rotatable bonds is 7. The van der Waals surface area contributed by atoms with Gasteiger partial charge < -0.3 is 20.4 Å². The first-order valence-electron chi connectivity index (χ1n) is 5.85. The third-order valence-electron chi connectivity index (χ3n) is 2.42. The molecule has 0 unspecified atom stereocenters. The number of hydrogen-bond acceptors (Lipinski definition) is 4. The maximum atomic E-state index is 11.6. The number of ether oxygens (including phenoxy) is 1. The average Bonchev–Trinajstić information content (AvgIpc) is 2.33. The van der Waals surface area contributed by atoms with Crippen molar-refractivity contribution in [2.24, 2.45) is 0 Å². The number of pyridine rings is 1. The van der Waals surface area contributed by atoms with E-state index in [2.05, 4.69) is 5.32 Å². The van der Waals surface area contributed by atoms with Crippen LogP contribution in [-0.2, 0) is 16.1 Å². The maximum Gasteiger partial charge on any atom is 0.251 e. The lowest BCUT2D eigenvalue weighted by Gasteiger charge is -2.07. The average molecular weight is 253 g/mol. The van der Waals surface area contributed by atoms with Crippen LogP contribution in [0.2, 0.25) is 0 Å². The van der Waals surface area contributed by atoms with E-state index in [0.29, 0.717) is 18.8 Å². The minimum Gasteiger partial charge on any atom is -0.398 e. The van der Waals surface area contributed by atoms with Crippen molar-refractivity contribution in [2.75, 3.05) is 26.0 Å². The maximum absolute atomic E-state index is 11.6. The molecule has 1 rings (SSSR count). The summed E-state index contributed by atoms with van der Waals surface area (Å²) >= 11 is 0. The number of hydrogen-bond donors (Lipinski definition) is 2. The standard InChI is InChI=1S/C12H19N3O3/c1-18-7-3-2-6-14-11(16)9-15-8-10(13)4-5-12(15)17/h4-5,8H,2-3,6-7,9,13H2,1H3,(H,14,16). The monoisotopic (exact) mass is 253 g/mol.